The molecule has 1 aromatic rings. The van der Waals surface area contributed by atoms with Gasteiger partial charge < -0.3 is 14.5 Å². The van der Waals surface area contributed by atoms with Crippen LogP contribution in [0.15, 0.2) is 18.3 Å². The molecule has 2 aliphatic rings. The minimum atomic E-state index is 0.0330. The summed E-state index contributed by atoms with van der Waals surface area (Å²) in [4.78, 5) is 33.2. The first-order valence-corrected chi connectivity index (χ1v) is 9.15. The molecule has 1 aromatic heterocycles. The van der Waals surface area contributed by atoms with Crippen molar-refractivity contribution in [1.82, 2.24) is 14.8 Å². The van der Waals surface area contributed by atoms with E-state index in [2.05, 4.69) is 4.98 Å². The summed E-state index contributed by atoms with van der Waals surface area (Å²) in [6, 6.07) is 3.92. The molecule has 1 atom stereocenters. The second-order valence-electron chi connectivity index (χ2n) is 7.00. The van der Waals surface area contributed by atoms with Gasteiger partial charge in [0.2, 0.25) is 5.91 Å². The van der Waals surface area contributed by atoms with E-state index < -0.39 is 0 Å². The number of hydrogen-bond donors (Lipinski definition) is 0. The van der Waals surface area contributed by atoms with Crippen molar-refractivity contribution in [3.05, 3.63) is 29.6 Å². The summed E-state index contributed by atoms with van der Waals surface area (Å²) < 4.78 is 5.44. The highest BCUT2D eigenvalue weighted by molar-refractivity contribution is 5.94. The average Bonchev–Trinajstić information content (AvgIpc) is 2.62. The number of carbonyl (C=O) groups excluding carboxylic acids is 2. The van der Waals surface area contributed by atoms with Crippen LogP contribution >= 0.6 is 0 Å². The van der Waals surface area contributed by atoms with E-state index in [1.807, 2.05) is 22.8 Å². The summed E-state index contributed by atoms with van der Waals surface area (Å²) in [6.07, 6.45) is 5.32. The molecule has 3 rings (SSSR count). The van der Waals surface area contributed by atoms with Gasteiger partial charge in [0.1, 0.15) is 0 Å². The fourth-order valence-corrected chi connectivity index (χ4v) is 4.00. The Morgan fingerprint density at radius 1 is 1.24 bits per heavy atom. The SMILES string of the molecule is CC(=O)N(C1CCOCC1)C1CCCN(C(=O)c2ccnc(C)c2)C1. The Hall–Kier alpha value is -1.95. The molecule has 0 spiro atoms. The zero-order valence-electron chi connectivity index (χ0n) is 15.1. The Balaban J connectivity index is 1.72. The third kappa shape index (κ3) is 4.18. The van der Waals surface area contributed by atoms with Crippen LogP contribution in [-0.4, -0.2) is 65.0 Å². The Labute approximate surface area is 149 Å². The number of hydrogen-bond acceptors (Lipinski definition) is 4. The molecule has 2 saturated heterocycles. The third-order valence-corrected chi connectivity index (χ3v) is 5.17. The van der Waals surface area contributed by atoms with E-state index in [4.69, 9.17) is 4.74 Å². The molecule has 0 bridgehead atoms. The van der Waals surface area contributed by atoms with Crippen molar-refractivity contribution in [2.45, 2.75) is 51.6 Å². The van der Waals surface area contributed by atoms with Crippen molar-refractivity contribution in [2.75, 3.05) is 26.3 Å². The molecule has 1 unspecified atom stereocenters. The second kappa shape index (κ2) is 7.95. The number of ether oxygens (including phenoxy) is 1. The molecule has 25 heavy (non-hydrogen) atoms. The summed E-state index contributed by atoms with van der Waals surface area (Å²) >= 11 is 0. The Bertz CT molecular complexity index is 628. The molecule has 2 amide bonds. The van der Waals surface area contributed by atoms with Gasteiger partial charge in [0.05, 0.1) is 0 Å². The molecule has 6 heteroatoms. The van der Waals surface area contributed by atoms with Crippen LogP contribution in [0.25, 0.3) is 0 Å². The average molecular weight is 345 g/mol. The van der Waals surface area contributed by atoms with Crippen molar-refractivity contribution >= 4 is 11.8 Å². The van der Waals surface area contributed by atoms with Crippen molar-refractivity contribution in [3.8, 4) is 0 Å². The van der Waals surface area contributed by atoms with Gasteiger partial charge >= 0.3 is 0 Å². The predicted octanol–water partition coefficient (Wildman–Crippen LogP) is 2.02. The first-order valence-electron chi connectivity index (χ1n) is 9.15. The Kier molecular flexibility index (Phi) is 5.68. The molecule has 0 N–H and O–H groups in total. The lowest BCUT2D eigenvalue weighted by atomic mass is 9.98. The molecular weight excluding hydrogens is 318 g/mol. The van der Waals surface area contributed by atoms with Crippen LogP contribution in [0.4, 0.5) is 0 Å². The van der Waals surface area contributed by atoms with Gasteiger partial charge in [-0.3, -0.25) is 14.6 Å². The number of aryl methyl sites for hydroxylation is 1. The van der Waals surface area contributed by atoms with E-state index in [0.29, 0.717) is 25.3 Å². The van der Waals surface area contributed by atoms with Crippen LogP contribution in [0, 0.1) is 6.92 Å². The maximum Gasteiger partial charge on any atom is 0.254 e. The highest BCUT2D eigenvalue weighted by Crippen LogP contribution is 2.24. The van der Waals surface area contributed by atoms with E-state index >= 15 is 0 Å². The zero-order valence-corrected chi connectivity index (χ0v) is 15.1. The zero-order chi connectivity index (χ0) is 17.8. The van der Waals surface area contributed by atoms with Gasteiger partial charge in [-0.1, -0.05) is 0 Å². The maximum absolute atomic E-state index is 12.8. The molecular formula is C19H27N3O3. The fraction of sp³-hybridized carbons (Fsp3) is 0.632. The molecule has 136 valence electrons. The second-order valence-corrected chi connectivity index (χ2v) is 7.00. The number of likely N-dealkylation sites (tertiary alicyclic amines) is 1. The fourth-order valence-electron chi connectivity index (χ4n) is 4.00. The topological polar surface area (TPSA) is 62.7 Å². The van der Waals surface area contributed by atoms with Gasteiger partial charge in [0.15, 0.2) is 0 Å². The summed E-state index contributed by atoms with van der Waals surface area (Å²) in [7, 11) is 0. The van der Waals surface area contributed by atoms with Gasteiger partial charge in [-0.15, -0.1) is 0 Å². The number of aromatic nitrogens is 1. The van der Waals surface area contributed by atoms with Gasteiger partial charge in [0.25, 0.3) is 5.91 Å². The quantitative estimate of drug-likeness (QED) is 0.841. The van der Waals surface area contributed by atoms with Crippen LogP contribution in [0.2, 0.25) is 0 Å². The Morgan fingerprint density at radius 2 is 2.00 bits per heavy atom. The monoisotopic (exact) mass is 345 g/mol. The normalized spacial score (nSPS) is 21.8. The van der Waals surface area contributed by atoms with Crippen molar-refractivity contribution < 1.29 is 14.3 Å². The molecule has 0 saturated carbocycles. The summed E-state index contributed by atoms with van der Waals surface area (Å²) in [5, 5.41) is 0. The van der Waals surface area contributed by atoms with E-state index in [1.165, 1.54) is 0 Å². The molecule has 2 aliphatic heterocycles. The van der Waals surface area contributed by atoms with E-state index in [-0.39, 0.29) is 23.9 Å². The van der Waals surface area contributed by atoms with Gasteiger partial charge in [0, 0.05) is 62.8 Å². The molecule has 0 radical (unpaired) electrons. The largest absolute Gasteiger partial charge is 0.381 e. The smallest absolute Gasteiger partial charge is 0.254 e. The van der Waals surface area contributed by atoms with Crippen molar-refractivity contribution in [1.29, 1.82) is 0 Å². The number of rotatable bonds is 3. The maximum atomic E-state index is 12.8. The number of nitrogens with zero attached hydrogens (tertiary/aromatic N) is 3. The van der Waals surface area contributed by atoms with Crippen molar-refractivity contribution in [2.24, 2.45) is 0 Å². The van der Waals surface area contributed by atoms with Crippen LogP contribution < -0.4 is 0 Å². The molecule has 3 heterocycles. The highest BCUT2D eigenvalue weighted by Gasteiger charge is 2.34. The molecule has 0 aromatic carbocycles. The number of carbonyl (C=O) groups is 2. The molecule has 0 aliphatic carbocycles. The third-order valence-electron chi connectivity index (χ3n) is 5.17. The van der Waals surface area contributed by atoms with E-state index in [1.54, 1.807) is 19.2 Å². The first-order chi connectivity index (χ1) is 12.1. The lowest BCUT2D eigenvalue weighted by Gasteiger charge is -2.44. The van der Waals surface area contributed by atoms with Crippen molar-refractivity contribution in [3.63, 3.8) is 0 Å². The number of pyridine rings is 1. The minimum Gasteiger partial charge on any atom is -0.381 e. The lowest BCUT2D eigenvalue weighted by Crippen LogP contribution is -2.55. The Morgan fingerprint density at radius 3 is 2.68 bits per heavy atom. The summed E-state index contributed by atoms with van der Waals surface area (Å²) in [5.41, 5.74) is 1.51. The lowest BCUT2D eigenvalue weighted by molar-refractivity contribution is -0.137. The highest BCUT2D eigenvalue weighted by atomic mass is 16.5. The molecule has 6 nitrogen and oxygen atoms in total. The molecule has 2 fully saturated rings. The predicted molar refractivity (Wildman–Crippen MR) is 94.3 cm³/mol. The summed E-state index contributed by atoms with van der Waals surface area (Å²) in [6.45, 7) is 6.30. The minimum absolute atomic E-state index is 0.0330. The summed E-state index contributed by atoms with van der Waals surface area (Å²) in [5.74, 6) is 0.136. The van der Waals surface area contributed by atoms with Crippen LogP contribution in [0.5, 0.6) is 0 Å². The van der Waals surface area contributed by atoms with Gasteiger partial charge in [-0.2, -0.15) is 0 Å². The van der Waals surface area contributed by atoms with E-state index in [0.717, 1.165) is 37.9 Å². The first kappa shape index (κ1) is 17.9. The van der Waals surface area contributed by atoms with Crippen LogP contribution in [0.3, 0.4) is 0 Å². The van der Waals surface area contributed by atoms with Gasteiger partial charge in [-0.25, -0.2) is 0 Å². The number of amides is 2. The standard InChI is InChI=1S/C19H27N3O3/c1-14-12-16(5-8-20-14)19(24)21-9-3-4-18(13-21)22(15(2)23)17-6-10-25-11-7-17/h5,8,12,17-18H,3-4,6-7,9-11,13H2,1-2H3. The number of piperidine rings is 1. The van der Waals surface area contributed by atoms with E-state index in [9.17, 15) is 9.59 Å². The van der Waals surface area contributed by atoms with Gasteiger partial charge in [-0.05, 0) is 44.7 Å². The van der Waals surface area contributed by atoms with Crippen LogP contribution in [-0.2, 0) is 9.53 Å². The van der Waals surface area contributed by atoms with Crippen LogP contribution in [0.1, 0.15) is 48.7 Å².